The molecule has 14 rings (SSSR count). The molecule has 0 saturated heterocycles. The summed E-state index contributed by atoms with van der Waals surface area (Å²) in [6, 6.07) is 77.9. The highest BCUT2D eigenvalue weighted by Gasteiger charge is 2.30. The second-order valence-corrected chi connectivity index (χ2v) is 21.7. The highest BCUT2D eigenvalue weighted by atomic mass is 16.3. The Morgan fingerprint density at radius 3 is 1.27 bits per heavy atom. The third-order valence-electron chi connectivity index (χ3n) is 16.3. The number of nitrogens with zero attached hydrogens (tertiary/aromatic N) is 2. The van der Waals surface area contributed by atoms with Crippen molar-refractivity contribution in [1.29, 1.82) is 0 Å². The molecule has 77 heavy (non-hydrogen) atoms. The summed E-state index contributed by atoms with van der Waals surface area (Å²) in [6.45, 7) is 16.1. The molecule has 0 fully saturated rings. The van der Waals surface area contributed by atoms with Crippen molar-refractivity contribution in [3.8, 4) is 22.3 Å². The SMILES string of the molecule is Cc1ccc(-c2ccccc2)cc1N(c1cc(C(C)C)c2ccc3c(N(c4cc(-c5ccccc5)ccc4C)c4c(C)ccc5c4oc4ccccc45)cc(C(C)C)c4ccc1c2c43)c1cccc2c1oc1ccccc12. The number of anilines is 6. The molecule has 14 aromatic rings. The van der Waals surface area contributed by atoms with Crippen LogP contribution in [0.25, 0.3) is 98.4 Å². The summed E-state index contributed by atoms with van der Waals surface area (Å²) in [5.74, 6) is 0.408. The van der Waals surface area contributed by atoms with Crippen LogP contribution in [0, 0.1) is 20.8 Å². The largest absolute Gasteiger partial charge is 0.454 e. The molecule has 0 aliphatic rings. The maximum atomic E-state index is 7.06. The molecule has 0 aliphatic heterocycles. The summed E-state index contributed by atoms with van der Waals surface area (Å²) in [6.07, 6.45) is 0. The third kappa shape index (κ3) is 7.34. The molecule has 0 atom stereocenters. The predicted octanol–water partition coefficient (Wildman–Crippen LogP) is 21.8. The van der Waals surface area contributed by atoms with E-state index in [-0.39, 0.29) is 11.8 Å². The Morgan fingerprint density at radius 2 is 0.727 bits per heavy atom. The Kier molecular flexibility index (Phi) is 10.9. The van der Waals surface area contributed by atoms with Crippen molar-refractivity contribution in [1.82, 2.24) is 0 Å². The molecule has 0 bridgehead atoms. The van der Waals surface area contributed by atoms with Crippen molar-refractivity contribution in [2.75, 3.05) is 9.80 Å². The van der Waals surface area contributed by atoms with Gasteiger partial charge in [-0.15, -0.1) is 0 Å². The van der Waals surface area contributed by atoms with Gasteiger partial charge >= 0.3 is 0 Å². The number of rotatable bonds is 10. The van der Waals surface area contributed by atoms with E-state index in [1.165, 1.54) is 60.1 Å². The summed E-state index contributed by atoms with van der Waals surface area (Å²) in [5, 5.41) is 11.8. The van der Waals surface area contributed by atoms with E-state index in [4.69, 9.17) is 8.83 Å². The van der Waals surface area contributed by atoms with E-state index in [1.54, 1.807) is 0 Å². The third-order valence-corrected chi connectivity index (χ3v) is 16.3. The topological polar surface area (TPSA) is 32.8 Å². The highest BCUT2D eigenvalue weighted by molar-refractivity contribution is 6.30. The van der Waals surface area contributed by atoms with Crippen molar-refractivity contribution in [2.45, 2.75) is 60.3 Å². The fourth-order valence-electron chi connectivity index (χ4n) is 12.5. The molecule has 0 aliphatic carbocycles. The van der Waals surface area contributed by atoms with Crippen LogP contribution in [0.5, 0.6) is 0 Å². The fourth-order valence-corrected chi connectivity index (χ4v) is 12.5. The summed E-state index contributed by atoms with van der Waals surface area (Å²) >= 11 is 0. The van der Waals surface area contributed by atoms with E-state index in [1.807, 2.05) is 0 Å². The first-order valence-corrected chi connectivity index (χ1v) is 27.1. The summed E-state index contributed by atoms with van der Waals surface area (Å²) < 4.78 is 14.0. The minimum atomic E-state index is 0.203. The smallest absolute Gasteiger partial charge is 0.159 e. The van der Waals surface area contributed by atoms with E-state index < -0.39 is 0 Å². The number of aryl methyl sites for hydroxylation is 3. The van der Waals surface area contributed by atoms with Gasteiger partial charge in [-0.3, -0.25) is 0 Å². The zero-order chi connectivity index (χ0) is 52.2. The molecular weight excluding hydrogens is 937 g/mol. The summed E-state index contributed by atoms with van der Waals surface area (Å²) in [5.41, 5.74) is 20.7. The maximum Gasteiger partial charge on any atom is 0.159 e. The van der Waals surface area contributed by atoms with Gasteiger partial charge in [0.2, 0.25) is 0 Å². The fraction of sp³-hybridized carbons (Fsp3) is 0.123. The second-order valence-electron chi connectivity index (χ2n) is 21.7. The first-order valence-electron chi connectivity index (χ1n) is 27.1. The van der Waals surface area contributed by atoms with E-state index in [0.717, 1.165) is 100 Å². The van der Waals surface area contributed by atoms with Gasteiger partial charge < -0.3 is 18.6 Å². The quantitative estimate of drug-likeness (QED) is 0.128. The van der Waals surface area contributed by atoms with Crippen molar-refractivity contribution in [3.63, 3.8) is 0 Å². The van der Waals surface area contributed by atoms with Gasteiger partial charge in [0.05, 0.1) is 22.7 Å². The molecule has 0 saturated carbocycles. The number of hydrogen-bond donors (Lipinski definition) is 0. The van der Waals surface area contributed by atoms with Gasteiger partial charge in [0.15, 0.2) is 11.2 Å². The van der Waals surface area contributed by atoms with Gasteiger partial charge in [-0.25, -0.2) is 0 Å². The average Bonchev–Trinajstić information content (AvgIpc) is 4.10. The van der Waals surface area contributed by atoms with Crippen LogP contribution < -0.4 is 9.80 Å². The van der Waals surface area contributed by atoms with Crippen LogP contribution >= 0.6 is 0 Å². The van der Waals surface area contributed by atoms with Crippen LogP contribution in [-0.4, -0.2) is 0 Å². The van der Waals surface area contributed by atoms with Crippen molar-refractivity contribution in [2.24, 2.45) is 0 Å². The van der Waals surface area contributed by atoms with Crippen molar-refractivity contribution < 1.29 is 8.83 Å². The summed E-state index contributed by atoms with van der Waals surface area (Å²) in [7, 11) is 0. The predicted molar refractivity (Wildman–Crippen MR) is 327 cm³/mol. The van der Waals surface area contributed by atoms with E-state index in [0.29, 0.717) is 0 Å². The molecular formula is C73H58N2O2. The minimum Gasteiger partial charge on any atom is -0.454 e. The van der Waals surface area contributed by atoms with Crippen LogP contribution in [0.15, 0.2) is 221 Å². The van der Waals surface area contributed by atoms with Crippen LogP contribution in [0.2, 0.25) is 0 Å². The molecule has 4 nitrogen and oxygen atoms in total. The molecule has 0 N–H and O–H groups in total. The molecule has 12 aromatic carbocycles. The zero-order valence-corrected chi connectivity index (χ0v) is 44.6. The molecule has 2 heterocycles. The van der Waals surface area contributed by atoms with Crippen LogP contribution in [-0.2, 0) is 0 Å². The molecule has 0 radical (unpaired) electrons. The molecule has 0 amide bonds. The van der Waals surface area contributed by atoms with Gasteiger partial charge in [-0.1, -0.05) is 198 Å². The minimum absolute atomic E-state index is 0.203. The van der Waals surface area contributed by atoms with Crippen molar-refractivity contribution >= 4 is 110 Å². The lowest BCUT2D eigenvalue weighted by molar-refractivity contribution is 0.668. The molecule has 2 aromatic heterocycles. The van der Waals surface area contributed by atoms with Crippen LogP contribution in [0.1, 0.15) is 67.3 Å². The number of furan rings is 2. The van der Waals surface area contributed by atoms with E-state index in [2.05, 4.69) is 271 Å². The van der Waals surface area contributed by atoms with E-state index >= 15 is 0 Å². The lowest BCUT2D eigenvalue weighted by atomic mass is 9.83. The van der Waals surface area contributed by atoms with Gasteiger partial charge in [0, 0.05) is 43.7 Å². The molecule has 4 heteroatoms. The first-order chi connectivity index (χ1) is 37.6. The Hall–Kier alpha value is -9.12. The number of para-hydroxylation sites is 3. The lowest BCUT2D eigenvalue weighted by Crippen LogP contribution is -2.15. The number of benzene rings is 12. The Labute approximate surface area is 449 Å². The molecule has 0 spiro atoms. The zero-order valence-electron chi connectivity index (χ0n) is 44.6. The highest BCUT2D eigenvalue weighted by Crippen LogP contribution is 2.54. The second kappa shape index (κ2) is 18.0. The Morgan fingerprint density at radius 1 is 0.299 bits per heavy atom. The van der Waals surface area contributed by atoms with E-state index in [9.17, 15) is 0 Å². The van der Waals surface area contributed by atoms with Gasteiger partial charge in [0.25, 0.3) is 0 Å². The van der Waals surface area contributed by atoms with Gasteiger partial charge in [-0.05, 0) is 147 Å². The average molecular weight is 995 g/mol. The first kappa shape index (κ1) is 46.4. The standard InChI is InChI=1S/C73H58N2O2/c1-43(2)60-41-65(74(63-39-50(32-29-45(63)5)48-19-10-8-11-20-48)62-26-18-25-56-52-23-14-16-27-67(52)76-72(56)62)58-37-35-55-61(44(3)4)42-66(59-38-36-54(60)69(58)70(55)59)75(64-40-51(33-30-46(64)6)49-21-12-9-13-22-49)71-47(7)31-34-57-53-24-15-17-28-68(53)77-73(57)71/h8-44H,1-7H3. The maximum absolute atomic E-state index is 7.06. The Balaban J connectivity index is 1.12. The van der Waals surface area contributed by atoms with Crippen LogP contribution in [0.4, 0.5) is 34.1 Å². The summed E-state index contributed by atoms with van der Waals surface area (Å²) in [4.78, 5) is 5.04. The number of hydrogen-bond acceptors (Lipinski definition) is 4. The lowest BCUT2D eigenvalue weighted by Gasteiger charge is -2.33. The normalized spacial score (nSPS) is 12.1. The number of fused-ring (bicyclic) bond motifs is 6. The van der Waals surface area contributed by atoms with Gasteiger partial charge in [0.1, 0.15) is 11.2 Å². The molecule has 372 valence electrons. The van der Waals surface area contributed by atoms with Gasteiger partial charge in [-0.2, -0.15) is 0 Å². The molecule has 0 unspecified atom stereocenters. The monoisotopic (exact) mass is 994 g/mol. The van der Waals surface area contributed by atoms with Crippen molar-refractivity contribution in [3.05, 3.63) is 240 Å². The Bertz CT molecular complexity index is 4620. The van der Waals surface area contributed by atoms with Crippen LogP contribution in [0.3, 0.4) is 0 Å².